The smallest absolute Gasteiger partial charge is 0.282 e. The first-order valence-electron chi connectivity index (χ1n) is 11.4. The highest BCUT2D eigenvalue weighted by Crippen LogP contribution is 2.60. The number of aryl methyl sites for hydroxylation is 1. The first-order valence-corrected chi connectivity index (χ1v) is 13.3. The van der Waals surface area contributed by atoms with E-state index in [0.717, 1.165) is 15.6 Å². The maximum atomic E-state index is 13.7. The fourth-order valence-corrected chi connectivity index (χ4v) is 7.60. The summed E-state index contributed by atoms with van der Waals surface area (Å²) in [4.78, 5) is 65.0. The van der Waals surface area contributed by atoms with Gasteiger partial charge in [-0.15, -0.1) is 0 Å². The molecule has 5 rings (SSSR count). The molecule has 36 heavy (non-hydrogen) atoms. The van der Waals surface area contributed by atoms with Crippen molar-refractivity contribution in [1.29, 1.82) is 0 Å². The number of halogens is 2. The highest BCUT2D eigenvalue weighted by atomic mass is 79.9. The molecule has 3 amide bonds. The third-order valence-electron chi connectivity index (χ3n) is 7.44. The van der Waals surface area contributed by atoms with Crippen LogP contribution in [-0.4, -0.2) is 54.6 Å². The van der Waals surface area contributed by atoms with E-state index in [1.807, 2.05) is 6.92 Å². The predicted molar refractivity (Wildman–Crippen MR) is 136 cm³/mol. The zero-order valence-corrected chi connectivity index (χ0v) is 22.2. The van der Waals surface area contributed by atoms with Gasteiger partial charge in [0.15, 0.2) is 5.78 Å². The Balaban J connectivity index is 1.55. The molecule has 0 aromatic heterocycles. The molecule has 2 aliphatic carbocycles. The monoisotopic (exact) mass is 617 g/mol. The van der Waals surface area contributed by atoms with Crippen molar-refractivity contribution in [2.45, 2.75) is 23.0 Å². The molecular weight excluding hydrogens is 598 g/mol. The number of alkyl halides is 2. The lowest BCUT2D eigenvalue weighted by Crippen LogP contribution is -2.52. The number of fused-ring (bicyclic) bond motifs is 5. The molecule has 2 saturated carbocycles. The molecule has 1 aliphatic heterocycles. The van der Waals surface area contributed by atoms with Crippen molar-refractivity contribution < 1.29 is 24.1 Å². The number of nitro benzene ring substituents is 1. The average Bonchev–Trinajstić information content (AvgIpc) is 3.47. The molecule has 186 valence electrons. The molecule has 11 heteroatoms. The van der Waals surface area contributed by atoms with Crippen LogP contribution in [0.1, 0.15) is 32.7 Å². The molecule has 2 aromatic carbocycles. The third-order valence-corrected chi connectivity index (χ3v) is 10.6. The first kappa shape index (κ1) is 24.8. The second-order valence-electron chi connectivity index (χ2n) is 9.42. The van der Waals surface area contributed by atoms with Gasteiger partial charge < -0.3 is 0 Å². The highest BCUT2D eigenvalue weighted by molar-refractivity contribution is 9.12. The third kappa shape index (κ3) is 3.80. The Morgan fingerprint density at radius 2 is 1.56 bits per heavy atom. The number of ketones is 1. The summed E-state index contributed by atoms with van der Waals surface area (Å²) in [5, 5.41) is 13.2. The zero-order chi connectivity index (χ0) is 25.9. The average molecular weight is 619 g/mol. The summed E-state index contributed by atoms with van der Waals surface area (Å²) in [5.74, 6) is -3.98. The van der Waals surface area contributed by atoms with Gasteiger partial charge in [0.2, 0.25) is 0 Å². The maximum absolute atomic E-state index is 13.7. The number of benzene rings is 2. The summed E-state index contributed by atoms with van der Waals surface area (Å²) >= 11 is 7.26. The van der Waals surface area contributed by atoms with Crippen molar-refractivity contribution in [3.05, 3.63) is 75.3 Å². The Morgan fingerprint density at radius 3 is 2.11 bits per heavy atom. The summed E-state index contributed by atoms with van der Waals surface area (Å²) < 4.78 is 0. The number of nitro groups is 1. The summed E-state index contributed by atoms with van der Waals surface area (Å²) in [6.07, 6.45) is 0.701. The van der Waals surface area contributed by atoms with Gasteiger partial charge in [0, 0.05) is 21.3 Å². The molecule has 2 bridgehead atoms. The van der Waals surface area contributed by atoms with Crippen LogP contribution in [0.25, 0.3) is 0 Å². The normalized spacial score (nSPS) is 28.4. The van der Waals surface area contributed by atoms with Crippen LogP contribution < -0.4 is 0 Å². The molecule has 1 saturated heterocycles. The number of rotatable bonds is 6. The lowest BCUT2D eigenvalue weighted by molar-refractivity contribution is -0.385. The summed E-state index contributed by atoms with van der Waals surface area (Å²) in [6, 6.07) is 12.0. The van der Waals surface area contributed by atoms with Gasteiger partial charge in [-0.1, -0.05) is 73.8 Å². The lowest BCUT2D eigenvalue weighted by atomic mass is 9.81. The lowest BCUT2D eigenvalue weighted by Gasteiger charge is -2.30. The van der Waals surface area contributed by atoms with E-state index in [-0.39, 0.29) is 27.1 Å². The van der Waals surface area contributed by atoms with Crippen LogP contribution in [0, 0.1) is 40.7 Å². The van der Waals surface area contributed by atoms with Crippen LogP contribution in [0.4, 0.5) is 5.69 Å². The van der Waals surface area contributed by atoms with Crippen molar-refractivity contribution in [3.63, 3.8) is 0 Å². The molecular formula is C25H21Br2N3O6. The van der Waals surface area contributed by atoms with E-state index in [9.17, 15) is 29.3 Å². The van der Waals surface area contributed by atoms with Gasteiger partial charge in [-0.05, 0) is 31.2 Å². The Labute approximate surface area is 223 Å². The van der Waals surface area contributed by atoms with Crippen LogP contribution >= 0.6 is 31.9 Å². The number of hydrogen-bond acceptors (Lipinski definition) is 6. The van der Waals surface area contributed by atoms with Gasteiger partial charge in [0.1, 0.15) is 12.1 Å². The molecule has 1 heterocycles. The van der Waals surface area contributed by atoms with E-state index in [4.69, 9.17) is 0 Å². The minimum Gasteiger partial charge on any atom is -0.292 e. The van der Waals surface area contributed by atoms with Crippen LogP contribution in [0.15, 0.2) is 48.5 Å². The quantitative estimate of drug-likeness (QED) is 0.159. The standard InChI is InChI=1S/C25H21Br2N3O6/c1-12-6-8-13(9-7-12)18(31)11-28(23(32)14-4-2-3-5-17(14)30(35)36)29-24(33)19-15-10-16(20(19)25(29)34)22(27)21(15)26/h2-9,15-16,19-22H,10-11H2,1H3/t15-,16-,19-,20-,21+,22+/m1/s1. The van der Waals surface area contributed by atoms with Crippen molar-refractivity contribution in [2.24, 2.45) is 23.7 Å². The van der Waals surface area contributed by atoms with E-state index in [0.29, 0.717) is 12.0 Å². The van der Waals surface area contributed by atoms with E-state index in [2.05, 4.69) is 31.9 Å². The molecule has 0 spiro atoms. The van der Waals surface area contributed by atoms with Gasteiger partial charge in [0.25, 0.3) is 23.4 Å². The van der Waals surface area contributed by atoms with Crippen LogP contribution in [0.3, 0.4) is 0 Å². The number of imide groups is 1. The van der Waals surface area contributed by atoms with Crippen molar-refractivity contribution >= 4 is 61.1 Å². The highest BCUT2D eigenvalue weighted by Gasteiger charge is 2.67. The number of hydrogen-bond donors (Lipinski definition) is 0. The van der Waals surface area contributed by atoms with Crippen LogP contribution in [0.5, 0.6) is 0 Å². The fourth-order valence-electron chi connectivity index (χ4n) is 5.72. The topological polar surface area (TPSA) is 118 Å². The Morgan fingerprint density at radius 1 is 1.00 bits per heavy atom. The Kier molecular flexibility index (Phi) is 6.32. The Hall–Kier alpha value is -2.92. The number of carbonyl (C=O) groups is 4. The molecule has 0 radical (unpaired) electrons. The number of hydrazine groups is 1. The molecule has 0 N–H and O–H groups in total. The number of nitrogens with zero attached hydrogens (tertiary/aromatic N) is 3. The van der Waals surface area contributed by atoms with Crippen LogP contribution in [0.2, 0.25) is 0 Å². The van der Waals surface area contributed by atoms with E-state index >= 15 is 0 Å². The number of para-hydroxylation sites is 1. The number of amides is 3. The minimum atomic E-state index is -0.956. The number of Topliss-reactive ketones (excluding diaryl/α,β-unsaturated/α-hetero) is 1. The maximum Gasteiger partial charge on any atom is 0.282 e. The van der Waals surface area contributed by atoms with Crippen LogP contribution in [-0.2, 0) is 9.59 Å². The van der Waals surface area contributed by atoms with Gasteiger partial charge in [0.05, 0.1) is 16.8 Å². The van der Waals surface area contributed by atoms with E-state index < -0.39 is 52.5 Å². The predicted octanol–water partition coefficient (Wildman–Crippen LogP) is 3.92. The zero-order valence-electron chi connectivity index (χ0n) is 19.0. The SMILES string of the molecule is Cc1ccc(C(=O)CN(C(=O)c2ccccc2[N+](=O)[O-])N2C(=O)[C@@H]3[C@H]4C[C@@H]([C@H](Br)[C@H]4Br)[C@H]3C2=O)cc1. The molecule has 9 nitrogen and oxygen atoms in total. The minimum absolute atomic E-state index is 0.00555. The molecule has 3 fully saturated rings. The van der Waals surface area contributed by atoms with Gasteiger partial charge in [-0.3, -0.25) is 29.3 Å². The van der Waals surface area contributed by atoms with Gasteiger partial charge in [-0.2, -0.15) is 5.01 Å². The molecule has 2 aromatic rings. The van der Waals surface area contributed by atoms with Crippen molar-refractivity contribution in [2.75, 3.05) is 6.54 Å². The van der Waals surface area contributed by atoms with Gasteiger partial charge in [-0.25, -0.2) is 5.01 Å². The van der Waals surface area contributed by atoms with Crippen molar-refractivity contribution in [3.8, 4) is 0 Å². The van der Waals surface area contributed by atoms with Crippen molar-refractivity contribution in [1.82, 2.24) is 10.0 Å². The van der Waals surface area contributed by atoms with E-state index in [1.165, 1.54) is 24.3 Å². The summed E-state index contributed by atoms with van der Waals surface area (Å²) in [6.45, 7) is 1.25. The molecule has 3 aliphatic rings. The summed E-state index contributed by atoms with van der Waals surface area (Å²) in [5.41, 5.74) is 0.440. The van der Waals surface area contributed by atoms with Gasteiger partial charge >= 0.3 is 0 Å². The molecule has 0 unspecified atom stereocenters. The largest absolute Gasteiger partial charge is 0.292 e. The van der Waals surface area contributed by atoms with E-state index in [1.54, 1.807) is 24.3 Å². The second-order valence-corrected chi connectivity index (χ2v) is 11.5. The fraction of sp³-hybridized carbons (Fsp3) is 0.360. The number of carbonyl (C=O) groups excluding carboxylic acids is 4. The second kappa shape index (κ2) is 9.19. The summed E-state index contributed by atoms with van der Waals surface area (Å²) in [7, 11) is 0. The Bertz CT molecular complexity index is 1270. The first-order chi connectivity index (χ1) is 17.1. The molecule has 6 atom stereocenters.